The maximum Gasteiger partial charge on any atom is 0.352 e. The van der Waals surface area contributed by atoms with E-state index in [1.807, 2.05) is 0 Å². The fraction of sp³-hybridized carbons (Fsp3) is 0.308. The number of carboxylic acid groups (broad SMARTS) is 1. The van der Waals surface area contributed by atoms with Gasteiger partial charge in [0.1, 0.15) is 17.3 Å². The lowest BCUT2D eigenvalue weighted by Crippen LogP contribution is -2.12. The molecule has 100 valence electrons. The molecule has 1 heterocycles. The van der Waals surface area contributed by atoms with E-state index in [0.29, 0.717) is 5.56 Å². The van der Waals surface area contributed by atoms with Crippen LogP contribution in [0.5, 0.6) is 0 Å². The Morgan fingerprint density at radius 3 is 2.58 bits per heavy atom. The molecule has 0 amide bonds. The van der Waals surface area contributed by atoms with E-state index in [1.54, 1.807) is 27.0 Å². The first kappa shape index (κ1) is 14.5. The van der Waals surface area contributed by atoms with Crippen molar-refractivity contribution in [2.24, 2.45) is 7.05 Å². The molecule has 0 bridgehead atoms. The van der Waals surface area contributed by atoms with Crippen molar-refractivity contribution in [2.45, 2.75) is 20.0 Å². The molecule has 0 spiro atoms. The Labute approximate surface area is 110 Å². The van der Waals surface area contributed by atoms with Crippen molar-refractivity contribution >= 4 is 18.0 Å². The molecule has 0 aliphatic heterocycles. The molecule has 1 aromatic rings. The average Bonchev–Trinajstić information content (AvgIpc) is 2.66. The molecule has 0 aliphatic carbocycles. The molecule has 0 radical (unpaired) electrons. The molecule has 0 saturated carbocycles. The van der Waals surface area contributed by atoms with E-state index in [0.717, 1.165) is 0 Å². The van der Waals surface area contributed by atoms with Crippen molar-refractivity contribution in [2.75, 3.05) is 0 Å². The van der Waals surface area contributed by atoms with Crippen LogP contribution < -0.4 is 0 Å². The number of esters is 1. The van der Waals surface area contributed by atoms with Crippen molar-refractivity contribution in [3.63, 3.8) is 0 Å². The maximum atomic E-state index is 11.6. The van der Waals surface area contributed by atoms with Gasteiger partial charge in [-0.2, -0.15) is 5.26 Å². The number of ether oxygens (including phenoxy) is 1. The molecular weight excluding hydrogens is 248 g/mol. The van der Waals surface area contributed by atoms with Gasteiger partial charge in [0.25, 0.3) is 0 Å². The van der Waals surface area contributed by atoms with Gasteiger partial charge >= 0.3 is 11.9 Å². The fourth-order valence-corrected chi connectivity index (χ4v) is 1.46. The van der Waals surface area contributed by atoms with Crippen LogP contribution in [0.1, 0.15) is 29.9 Å². The Hall–Kier alpha value is -2.55. The quantitative estimate of drug-likeness (QED) is 0.505. The summed E-state index contributed by atoms with van der Waals surface area (Å²) in [4.78, 5) is 22.5. The van der Waals surface area contributed by atoms with Crippen molar-refractivity contribution < 1.29 is 19.4 Å². The monoisotopic (exact) mass is 262 g/mol. The first-order valence-electron chi connectivity index (χ1n) is 5.57. The van der Waals surface area contributed by atoms with Crippen LogP contribution in [0.4, 0.5) is 0 Å². The summed E-state index contributed by atoms with van der Waals surface area (Å²) in [6.45, 7) is 3.36. The molecule has 0 saturated heterocycles. The van der Waals surface area contributed by atoms with Gasteiger partial charge in [-0.3, -0.25) is 0 Å². The Morgan fingerprint density at radius 2 is 2.16 bits per heavy atom. The number of hydrogen-bond donors (Lipinski definition) is 1. The average molecular weight is 262 g/mol. The number of carboxylic acids is 1. The highest BCUT2D eigenvalue weighted by atomic mass is 16.5. The van der Waals surface area contributed by atoms with E-state index in [9.17, 15) is 9.59 Å². The summed E-state index contributed by atoms with van der Waals surface area (Å²) in [5.74, 6) is -1.80. The molecule has 1 N–H and O–H groups in total. The van der Waals surface area contributed by atoms with Crippen LogP contribution in [-0.2, 0) is 16.6 Å². The maximum absolute atomic E-state index is 11.6. The second-order valence-corrected chi connectivity index (χ2v) is 4.20. The molecule has 0 aliphatic rings. The van der Waals surface area contributed by atoms with E-state index in [-0.39, 0.29) is 17.4 Å². The van der Waals surface area contributed by atoms with Crippen LogP contribution in [0.3, 0.4) is 0 Å². The minimum Gasteiger partial charge on any atom is -0.477 e. The zero-order chi connectivity index (χ0) is 14.6. The molecule has 0 fully saturated rings. The van der Waals surface area contributed by atoms with Crippen LogP contribution in [0, 0.1) is 11.3 Å². The van der Waals surface area contributed by atoms with E-state index >= 15 is 0 Å². The van der Waals surface area contributed by atoms with Gasteiger partial charge in [0.2, 0.25) is 0 Å². The third kappa shape index (κ3) is 3.71. The van der Waals surface area contributed by atoms with Gasteiger partial charge in [0.05, 0.1) is 6.10 Å². The molecule has 1 aromatic heterocycles. The highest BCUT2D eigenvalue weighted by Gasteiger charge is 2.14. The third-order valence-corrected chi connectivity index (χ3v) is 2.24. The van der Waals surface area contributed by atoms with Gasteiger partial charge in [0.15, 0.2) is 0 Å². The zero-order valence-electron chi connectivity index (χ0n) is 10.9. The molecule has 19 heavy (non-hydrogen) atoms. The van der Waals surface area contributed by atoms with Gasteiger partial charge in [-0.15, -0.1) is 0 Å². The Bertz CT molecular complexity index is 576. The van der Waals surface area contributed by atoms with Crippen LogP contribution in [0.2, 0.25) is 0 Å². The number of nitrogens with zero attached hydrogens (tertiary/aromatic N) is 2. The van der Waals surface area contributed by atoms with Gasteiger partial charge < -0.3 is 14.4 Å². The lowest BCUT2D eigenvalue weighted by molar-refractivity contribution is -0.142. The highest BCUT2D eigenvalue weighted by molar-refractivity contribution is 5.98. The van der Waals surface area contributed by atoms with Crippen molar-refractivity contribution in [3.8, 4) is 6.07 Å². The summed E-state index contributed by atoms with van der Waals surface area (Å²) in [6.07, 6.45) is 2.50. The predicted octanol–water partition coefficient (Wildman–Crippen LogP) is 1.58. The highest BCUT2D eigenvalue weighted by Crippen LogP contribution is 2.13. The summed E-state index contributed by atoms with van der Waals surface area (Å²) in [5, 5.41) is 17.8. The summed E-state index contributed by atoms with van der Waals surface area (Å²) in [7, 11) is 1.57. The smallest absolute Gasteiger partial charge is 0.352 e. The molecule has 0 aromatic carbocycles. The van der Waals surface area contributed by atoms with Crippen LogP contribution >= 0.6 is 0 Å². The third-order valence-electron chi connectivity index (χ3n) is 2.24. The molecule has 6 nitrogen and oxygen atoms in total. The Balaban J connectivity index is 3.06. The summed E-state index contributed by atoms with van der Waals surface area (Å²) in [6, 6.07) is 3.12. The number of hydrogen-bond acceptors (Lipinski definition) is 4. The SMILES string of the molecule is CC(C)OC(=O)/C(C#N)=C\c1cc(C(=O)O)n(C)c1. The van der Waals surface area contributed by atoms with Crippen molar-refractivity contribution in [3.05, 3.63) is 29.1 Å². The van der Waals surface area contributed by atoms with E-state index in [2.05, 4.69) is 0 Å². The number of carbonyl (C=O) groups is 2. The van der Waals surface area contributed by atoms with Crippen molar-refractivity contribution in [1.82, 2.24) is 4.57 Å². The van der Waals surface area contributed by atoms with Crippen LogP contribution in [-0.4, -0.2) is 27.7 Å². The van der Waals surface area contributed by atoms with E-state index in [1.165, 1.54) is 22.9 Å². The summed E-state index contributed by atoms with van der Waals surface area (Å²) >= 11 is 0. The first-order chi connectivity index (χ1) is 8.85. The van der Waals surface area contributed by atoms with E-state index < -0.39 is 11.9 Å². The van der Waals surface area contributed by atoms with E-state index in [4.69, 9.17) is 15.1 Å². The number of aromatic nitrogens is 1. The number of rotatable bonds is 4. The van der Waals surface area contributed by atoms with Gasteiger partial charge in [0, 0.05) is 13.2 Å². The van der Waals surface area contributed by atoms with Crippen LogP contribution in [0.15, 0.2) is 17.8 Å². The second kappa shape index (κ2) is 5.87. The Kier molecular flexibility index (Phi) is 4.48. The zero-order valence-corrected chi connectivity index (χ0v) is 10.9. The lowest BCUT2D eigenvalue weighted by atomic mass is 10.2. The topological polar surface area (TPSA) is 92.3 Å². The fourth-order valence-electron chi connectivity index (χ4n) is 1.46. The van der Waals surface area contributed by atoms with Crippen LogP contribution in [0.25, 0.3) is 6.08 Å². The minimum atomic E-state index is -1.08. The van der Waals surface area contributed by atoms with Gasteiger partial charge in [-0.1, -0.05) is 0 Å². The number of aryl methyl sites for hydroxylation is 1. The summed E-state index contributed by atoms with van der Waals surface area (Å²) in [5.41, 5.74) is 0.356. The molecule has 0 unspecified atom stereocenters. The largest absolute Gasteiger partial charge is 0.477 e. The number of carbonyl (C=O) groups excluding carboxylic acids is 1. The van der Waals surface area contributed by atoms with Crippen molar-refractivity contribution in [1.29, 1.82) is 5.26 Å². The lowest BCUT2D eigenvalue weighted by Gasteiger charge is -2.05. The van der Waals surface area contributed by atoms with Gasteiger partial charge in [-0.05, 0) is 31.6 Å². The normalized spacial score (nSPS) is 11.2. The predicted molar refractivity (Wildman–Crippen MR) is 67.2 cm³/mol. The second-order valence-electron chi connectivity index (χ2n) is 4.20. The Morgan fingerprint density at radius 1 is 1.53 bits per heavy atom. The number of aromatic carboxylic acids is 1. The van der Waals surface area contributed by atoms with Gasteiger partial charge in [-0.25, -0.2) is 9.59 Å². The first-order valence-corrected chi connectivity index (χ1v) is 5.57. The standard InChI is InChI=1S/C13H14N2O4/c1-8(2)19-13(18)10(6-14)4-9-5-11(12(16)17)15(3)7-9/h4-5,7-8H,1-3H3,(H,16,17)/b10-4-. The minimum absolute atomic E-state index is 0.0702. The molecule has 6 heteroatoms. The summed E-state index contributed by atoms with van der Waals surface area (Å²) < 4.78 is 6.31. The number of nitriles is 1. The molecular formula is C13H14N2O4. The molecule has 1 rings (SSSR count). The molecule has 0 atom stereocenters.